The predicted octanol–water partition coefficient (Wildman–Crippen LogP) is 3.18. The first-order chi connectivity index (χ1) is 11.1. The van der Waals surface area contributed by atoms with Crippen LogP contribution in [-0.2, 0) is 0 Å². The maximum Gasteiger partial charge on any atom is 0.193 e. The number of ketones is 1. The van der Waals surface area contributed by atoms with Crippen molar-refractivity contribution in [3.05, 3.63) is 59.2 Å². The second-order valence-corrected chi connectivity index (χ2v) is 4.66. The maximum absolute atomic E-state index is 12.3. The third kappa shape index (κ3) is 3.69. The van der Waals surface area contributed by atoms with E-state index >= 15 is 0 Å². The minimum absolute atomic E-state index is 0.0678. The number of allylic oxidation sites excluding steroid dienone is 1. The molecule has 0 unspecified atom stereocenters. The standard InChI is InChI=1S/C18H15NO4/c1-22-14-9-16(21)18(17(10-14)23-2)15(20)8-7-12-3-5-13(11-19)6-4-12/h3-10,21H,1-2H3. The van der Waals surface area contributed by atoms with Crippen molar-refractivity contribution in [1.29, 1.82) is 5.26 Å². The Balaban J connectivity index is 2.29. The van der Waals surface area contributed by atoms with Gasteiger partial charge in [0.25, 0.3) is 0 Å². The highest BCUT2D eigenvalue weighted by molar-refractivity contribution is 6.10. The Hall–Kier alpha value is -3.26. The van der Waals surface area contributed by atoms with Crippen LogP contribution in [0.15, 0.2) is 42.5 Å². The molecule has 0 heterocycles. The molecular formula is C18H15NO4. The van der Waals surface area contributed by atoms with Gasteiger partial charge in [-0.05, 0) is 23.8 Å². The summed E-state index contributed by atoms with van der Waals surface area (Å²) in [6, 6.07) is 11.7. The molecule has 0 amide bonds. The summed E-state index contributed by atoms with van der Waals surface area (Å²) >= 11 is 0. The highest BCUT2D eigenvalue weighted by atomic mass is 16.5. The Bertz CT molecular complexity index is 786. The van der Waals surface area contributed by atoms with Gasteiger partial charge in [-0.2, -0.15) is 5.26 Å². The predicted molar refractivity (Wildman–Crippen MR) is 85.7 cm³/mol. The van der Waals surface area contributed by atoms with Gasteiger partial charge in [0.1, 0.15) is 22.8 Å². The first-order valence-electron chi connectivity index (χ1n) is 6.76. The molecule has 0 spiro atoms. The van der Waals surface area contributed by atoms with Gasteiger partial charge in [-0.1, -0.05) is 18.2 Å². The zero-order valence-corrected chi connectivity index (χ0v) is 12.7. The van der Waals surface area contributed by atoms with Crippen molar-refractivity contribution in [3.8, 4) is 23.3 Å². The number of methoxy groups -OCH3 is 2. The zero-order valence-electron chi connectivity index (χ0n) is 12.7. The average molecular weight is 309 g/mol. The number of carbonyl (C=O) groups is 1. The maximum atomic E-state index is 12.3. The molecule has 0 atom stereocenters. The van der Waals surface area contributed by atoms with Crippen molar-refractivity contribution >= 4 is 11.9 Å². The number of ether oxygens (including phenoxy) is 2. The smallest absolute Gasteiger partial charge is 0.193 e. The molecule has 0 saturated heterocycles. The summed E-state index contributed by atoms with van der Waals surface area (Å²) in [5.41, 5.74) is 1.38. The zero-order chi connectivity index (χ0) is 16.8. The molecule has 116 valence electrons. The van der Waals surface area contributed by atoms with Crippen LogP contribution in [-0.4, -0.2) is 25.1 Å². The Labute approximate surface area is 134 Å². The van der Waals surface area contributed by atoms with Crippen molar-refractivity contribution in [1.82, 2.24) is 0 Å². The lowest BCUT2D eigenvalue weighted by atomic mass is 10.1. The van der Waals surface area contributed by atoms with Crippen LogP contribution in [0.5, 0.6) is 17.2 Å². The first kappa shape index (κ1) is 16.1. The number of nitriles is 1. The highest BCUT2D eigenvalue weighted by Gasteiger charge is 2.17. The summed E-state index contributed by atoms with van der Waals surface area (Å²) in [6.07, 6.45) is 2.94. The summed E-state index contributed by atoms with van der Waals surface area (Å²) in [6.45, 7) is 0. The molecule has 0 bridgehead atoms. The summed E-state index contributed by atoms with van der Waals surface area (Å²) < 4.78 is 10.2. The van der Waals surface area contributed by atoms with Crippen molar-refractivity contribution < 1.29 is 19.4 Å². The largest absolute Gasteiger partial charge is 0.507 e. The van der Waals surface area contributed by atoms with Gasteiger partial charge in [-0.3, -0.25) is 4.79 Å². The molecule has 0 aromatic heterocycles. The molecule has 0 aliphatic heterocycles. The second-order valence-electron chi connectivity index (χ2n) is 4.66. The number of aromatic hydroxyl groups is 1. The Morgan fingerprint density at radius 1 is 1.17 bits per heavy atom. The van der Waals surface area contributed by atoms with Crippen molar-refractivity contribution in [3.63, 3.8) is 0 Å². The number of rotatable bonds is 5. The Morgan fingerprint density at radius 3 is 2.43 bits per heavy atom. The third-order valence-electron chi connectivity index (χ3n) is 3.22. The van der Waals surface area contributed by atoms with Gasteiger partial charge in [0.15, 0.2) is 5.78 Å². The van der Waals surface area contributed by atoms with E-state index in [0.717, 1.165) is 5.56 Å². The molecule has 1 N–H and O–H groups in total. The third-order valence-corrected chi connectivity index (χ3v) is 3.22. The molecule has 5 nitrogen and oxygen atoms in total. The number of nitrogens with zero attached hydrogens (tertiary/aromatic N) is 1. The number of hydrogen-bond donors (Lipinski definition) is 1. The Morgan fingerprint density at radius 2 is 1.87 bits per heavy atom. The van der Waals surface area contributed by atoms with Gasteiger partial charge < -0.3 is 14.6 Å². The van der Waals surface area contributed by atoms with Crippen LogP contribution in [0.4, 0.5) is 0 Å². The van der Waals surface area contributed by atoms with E-state index in [2.05, 4.69) is 0 Å². The molecule has 0 fully saturated rings. The normalized spacial score (nSPS) is 10.3. The van der Waals surface area contributed by atoms with E-state index in [9.17, 15) is 9.90 Å². The monoisotopic (exact) mass is 309 g/mol. The fraction of sp³-hybridized carbons (Fsp3) is 0.111. The van der Waals surface area contributed by atoms with E-state index in [1.165, 1.54) is 32.4 Å². The lowest BCUT2D eigenvalue weighted by Crippen LogP contribution is -2.00. The van der Waals surface area contributed by atoms with Crippen molar-refractivity contribution in [2.24, 2.45) is 0 Å². The van der Waals surface area contributed by atoms with Gasteiger partial charge in [0, 0.05) is 12.1 Å². The van der Waals surface area contributed by atoms with Crippen LogP contribution in [0, 0.1) is 11.3 Å². The number of hydrogen-bond acceptors (Lipinski definition) is 5. The van der Waals surface area contributed by atoms with Crippen molar-refractivity contribution in [2.75, 3.05) is 14.2 Å². The molecule has 0 radical (unpaired) electrons. The molecular weight excluding hydrogens is 294 g/mol. The number of phenolic OH excluding ortho intramolecular Hbond substituents is 1. The van der Waals surface area contributed by atoms with Crippen LogP contribution in [0.25, 0.3) is 6.08 Å². The topological polar surface area (TPSA) is 79.5 Å². The van der Waals surface area contributed by atoms with E-state index in [0.29, 0.717) is 11.3 Å². The van der Waals surface area contributed by atoms with Gasteiger partial charge in [-0.25, -0.2) is 0 Å². The van der Waals surface area contributed by atoms with E-state index in [1.54, 1.807) is 30.3 Å². The molecule has 2 rings (SSSR count). The van der Waals surface area contributed by atoms with Crippen LogP contribution >= 0.6 is 0 Å². The van der Waals surface area contributed by atoms with E-state index in [1.807, 2.05) is 6.07 Å². The first-order valence-corrected chi connectivity index (χ1v) is 6.76. The molecule has 0 aliphatic carbocycles. The van der Waals surface area contributed by atoms with E-state index in [-0.39, 0.29) is 17.1 Å². The molecule has 0 aliphatic rings. The molecule has 2 aromatic rings. The van der Waals surface area contributed by atoms with Crippen molar-refractivity contribution in [2.45, 2.75) is 0 Å². The van der Waals surface area contributed by atoms with Crippen LogP contribution in [0.1, 0.15) is 21.5 Å². The fourth-order valence-corrected chi connectivity index (χ4v) is 2.03. The summed E-state index contributed by atoms with van der Waals surface area (Å²) in [7, 11) is 2.87. The molecule has 2 aromatic carbocycles. The number of carbonyl (C=O) groups excluding carboxylic acids is 1. The van der Waals surface area contributed by atoms with Gasteiger partial charge in [0.05, 0.1) is 25.9 Å². The van der Waals surface area contributed by atoms with Crippen LogP contribution in [0.3, 0.4) is 0 Å². The fourth-order valence-electron chi connectivity index (χ4n) is 2.03. The average Bonchev–Trinajstić information content (AvgIpc) is 2.59. The molecule has 23 heavy (non-hydrogen) atoms. The van der Waals surface area contributed by atoms with Gasteiger partial charge in [0.2, 0.25) is 0 Å². The SMILES string of the molecule is COc1cc(O)c(C(=O)C=Cc2ccc(C#N)cc2)c(OC)c1. The lowest BCUT2D eigenvalue weighted by Gasteiger charge is -2.10. The minimum Gasteiger partial charge on any atom is -0.507 e. The summed E-state index contributed by atoms with van der Waals surface area (Å²) in [4.78, 5) is 12.3. The molecule has 5 heteroatoms. The van der Waals surface area contributed by atoms with Gasteiger partial charge >= 0.3 is 0 Å². The number of phenols is 1. The van der Waals surface area contributed by atoms with Crippen LogP contribution in [0.2, 0.25) is 0 Å². The van der Waals surface area contributed by atoms with Crippen LogP contribution < -0.4 is 9.47 Å². The quantitative estimate of drug-likeness (QED) is 0.678. The summed E-state index contributed by atoms with van der Waals surface area (Å²) in [5.74, 6) is 0.0188. The van der Waals surface area contributed by atoms with E-state index in [4.69, 9.17) is 14.7 Å². The van der Waals surface area contributed by atoms with E-state index < -0.39 is 5.78 Å². The number of benzene rings is 2. The van der Waals surface area contributed by atoms with Gasteiger partial charge in [-0.15, -0.1) is 0 Å². The minimum atomic E-state index is -0.397. The lowest BCUT2D eigenvalue weighted by molar-refractivity contribution is 0.104. The summed E-state index contributed by atoms with van der Waals surface area (Å²) in [5, 5.41) is 18.8. The second kappa shape index (κ2) is 7.14. The highest BCUT2D eigenvalue weighted by Crippen LogP contribution is 2.33. The molecule has 0 saturated carbocycles. The Kier molecular flexibility index (Phi) is 5.00.